The van der Waals surface area contributed by atoms with E-state index in [-0.39, 0.29) is 0 Å². The Balaban J connectivity index is 4.15. The summed E-state index contributed by atoms with van der Waals surface area (Å²) in [6.45, 7) is 5.16. The van der Waals surface area contributed by atoms with Gasteiger partial charge in [0.05, 0.1) is 0 Å². The van der Waals surface area contributed by atoms with Crippen LogP contribution in [0.4, 0.5) is 8.78 Å². The van der Waals surface area contributed by atoms with Crippen LogP contribution < -0.4 is 0 Å². The van der Waals surface area contributed by atoms with Gasteiger partial charge in [-0.1, -0.05) is 20.8 Å². The predicted octanol–water partition coefficient (Wildman–Crippen LogP) is 2.48. The first-order valence-corrected chi connectivity index (χ1v) is 4.31. The highest BCUT2D eigenvalue weighted by atomic mass is 19.3. The highest BCUT2D eigenvalue weighted by Gasteiger charge is 2.39. The van der Waals surface area contributed by atoms with Gasteiger partial charge in [0, 0.05) is 18.4 Å². The Morgan fingerprint density at radius 2 is 1.58 bits per heavy atom. The molecule has 0 spiro atoms. The minimum absolute atomic E-state index is 0.436. The molecular formula is C9H19F2N. The van der Waals surface area contributed by atoms with Crippen molar-refractivity contribution in [1.29, 1.82) is 0 Å². The summed E-state index contributed by atoms with van der Waals surface area (Å²) >= 11 is 0. The van der Waals surface area contributed by atoms with Crippen LogP contribution in [-0.4, -0.2) is 31.5 Å². The molecule has 0 saturated carbocycles. The van der Waals surface area contributed by atoms with Gasteiger partial charge in [-0.05, 0) is 14.1 Å². The first-order chi connectivity index (χ1) is 5.28. The maximum Gasteiger partial charge on any atom is 0.254 e. The van der Waals surface area contributed by atoms with Crippen LogP contribution in [0.15, 0.2) is 0 Å². The van der Waals surface area contributed by atoms with E-state index in [2.05, 4.69) is 0 Å². The molecule has 0 rings (SSSR count). The van der Waals surface area contributed by atoms with E-state index in [9.17, 15) is 8.78 Å². The molecule has 74 valence electrons. The first kappa shape index (κ1) is 11.8. The molecule has 12 heavy (non-hydrogen) atoms. The van der Waals surface area contributed by atoms with Gasteiger partial charge >= 0.3 is 0 Å². The molecule has 0 aliphatic carbocycles. The van der Waals surface area contributed by atoms with Crippen LogP contribution in [0.5, 0.6) is 0 Å². The summed E-state index contributed by atoms with van der Waals surface area (Å²) in [5, 5.41) is 0. The number of hydrogen-bond donors (Lipinski definition) is 0. The topological polar surface area (TPSA) is 3.24 Å². The molecular weight excluding hydrogens is 160 g/mol. The molecule has 0 aromatic carbocycles. The van der Waals surface area contributed by atoms with Gasteiger partial charge < -0.3 is 4.90 Å². The van der Waals surface area contributed by atoms with Crippen molar-refractivity contribution in [3.8, 4) is 0 Å². The molecule has 0 heterocycles. The van der Waals surface area contributed by atoms with Crippen molar-refractivity contribution >= 4 is 0 Å². The third-order valence-electron chi connectivity index (χ3n) is 2.07. The standard InChI is InChI=1S/C9H19F2N/c1-7(2)9(10,11)8(3)6-12(4)5/h7-8H,6H2,1-5H3. The molecule has 0 aliphatic rings. The van der Waals surface area contributed by atoms with E-state index in [0.717, 1.165) is 0 Å². The van der Waals surface area contributed by atoms with Crippen LogP contribution in [-0.2, 0) is 0 Å². The lowest BCUT2D eigenvalue weighted by Crippen LogP contribution is -2.38. The average Bonchev–Trinajstić information content (AvgIpc) is 1.85. The van der Waals surface area contributed by atoms with Crippen molar-refractivity contribution in [1.82, 2.24) is 4.90 Å². The summed E-state index contributed by atoms with van der Waals surface area (Å²) in [6, 6.07) is 0. The fraction of sp³-hybridized carbons (Fsp3) is 1.00. The predicted molar refractivity (Wildman–Crippen MR) is 47.5 cm³/mol. The van der Waals surface area contributed by atoms with Crippen LogP contribution in [0.25, 0.3) is 0 Å². The van der Waals surface area contributed by atoms with E-state index in [1.54, 1.807) is 25.7 Å². The van der Waals surface area contributed by atoms with E-state index in [0.29, 0.717) is 6.54 Å². The third-order valence-corrected chi connectivity index (χ3v) is 2.07. The van der Waals surface area contributed by atoms with E-state index in [4.69, 9.17) is 0 Å². The Kier molecular flexibility index (Phi) is 4.11. The summed E-state index contributed by atoms with van der Waals surface area (Å²) < 4.78 is 26.5. The van der Waals surface area contributed by atoms with Gasteiger partial charge in [0.15, 0.2) is 0 Å². The molecule has 0 saturated heterocycles. The monoisotopic (exact) mass is 179 g/mol. The molecule has 0 N–H and O–H groups in total. The molecule has 1 atom stereocenters. The fourth-order valence-corrected chi connectivity index (χ4v) is 1.24. The maximum absolute atomic E-state index is 13.3. The molecule has 0 amide bonds. The molecule has 3 heteroatoms. The SMILES string of the molecule is CC(C)C(F)(F)C(C)CN(C)C. The largest absolute Gasteiger partial charge is 0.309 e. The molecule has 0 aliphatic heterocycles. The Bertz CT molecular complexity index is 132. The number of nitrogens with zero attached hydrogens (tertiary/aromatic N) is 1. The zero-order chi connectivity index (χ0) is 9.94. The fourth-order valence-electron chi connectivity index (χ4n) is 1.24. The van der Waals surface area contributed by atoms with E-state index in [1.807, 2.05) is 14.1 Å². The van der Waals surface area contributed by atoms with Crippen LogP contribution >= 0.6 is 0 Å². The summed E-state index contributed by atoms with van der Waals surface area (Å²) in [5.41, 5.74) is 0. The number of alkyl halides is 2. The molecule has 1 nitrogen and oxygen atoms in total. The van der Waals surface area contributed by atoms with Gasteiger partial charge in [-0.25, -0.2) is 8.78 Å². The third kappa shape index (κ3) is 3.05. The number of hydrogen-bond acceptors (Lipinski definition) is 1. The van der Waals surface area contributed by atoms with Crippen molar-refractivity contribution in [3.05, 3.63) is 0 Å². The van der Waals surface area contributed by atoms with Crippen LogP contribution in [0, 0.1) is 11.8 Å². The Hall–Kier alpha value is -0.180. The second-order valence-electron chi connectivity index (χ2n) is 3.99. The van der Waals surface area contributed by atoms with Gasteiger partial charge in [-0.15, -0.1) is 0 Å². The highest BCUT2D eigenvalue weighted by molar-refractivity contribution is 4.78. The Morgan fingerprint density at radius 3 is 1.83 bits per heavy atom. The lowest BCUT2D eigenvalue weighted by molar-refractivity contribution is -0.0968. The van der Waals surface area contributed by atoms with Crippen LogP contribution in [0.2, 0.25) is 0 Å². The summed E-state index contributed by atoms with van der Waals surface area (Å²) in [6.07, 6.45) is 0. The maximum atomic E-state index is 13.3. The molecule has 0 fully saturated rings. The molecule has 0 aromatic heterocycles. The average molecular weight is 179 g/mol. The van der Waals surface area contributed by atoms with Crippen molar-refractivity contribution < 1.29 is 8.78 Å². The van der Waals surface area contributed by atoms with Gasteiger partial charge in [0.25, 0.3) is 5.92 Å². The Labute approximate surface area is 73.7 Å². The smallest absolute Gasteiger partial charge is 0.254 e. The van der Waals surface area contributed by atoms with Crippen molar-refractivity contribution in [2.45, 2.75) is 26.7 Å². The lowest BCUT2D eigenvalue weighted by atomic mass is 9.93. The quantitative estimate of drug-likeness (QED) is 0.641. The molecule has 0 radical (unpaired) electrons. The minimum Gasteiger partial charge on any atom is -0.309 e. The van der Waals surface area contributed by atoms with E-state index in [1.165, 1.54) is 0 Å². The molecule has 0 aromatic rings. The molecule has 1 unspecified atom stereocenters. The first-order valence-electron chi connectivity index (χ1n) is 4.31. The zero-order valence-corrected chi connectivity index (χ0v) is 8.56. The highest BCUT2D eigenvalue weighted by Crippen LogP contribution is 2.32. The van der Waals surface area contributed by atoms with Crippen LogP contribution in [0.1, 0.15) is 20.8 Å². The van der Waals surface area contributed by atoms with E-state index >= 15 is 0 Å². The van der Waals surface area contributed by atoms with E-state index < -0.39 is 17.8 Å². The number of halogens is 2. The van der Waals surface area contributed by atoms with Gasteiger partial charge in [0.2, 0.25) is 0 Å². The van der Waals surface area contributed by atoms with Gasteiger partial charge in [0.1, 0.15) is 0 Å². The van der Waals surface area contributed by atoms with Crippen molar-refractivity contribution in [2.24, 2.45) is 11.8 Å². The second kappa shape index (κ2) is 4.17. The van der Waals surface area contributed by atoms with Crippen molar-refractivity contribution in [3.63, 3.8) is 0 Å². The summed E-state index contributed by atoms with van der Waals surface area (Å²) in [4.78, 5) is 1.79. The minimum atomic E-state index is -2.55. The lowest BCUT2D eigenvalue weighted by Gasteiger charge is -2.29. The normalized spacial score (nSPS) is 15.8. The molecule has 0 bridgehead atoms. The van der Waals surface area contributed by atoms with Gasteiger partial charge in [-0.3, -0.25) is 0 Å². The van der Waals surface area contributed by atoms with Crippen molar-refractivity contribution in [2.75, 3.05) is 20.6 Å². The van der Waals surface area contributed by atoms with Crippen LogP contribution in [0.3, 0.4) is 0 Å². The van der Waals surface area contributed by atoms with Gasteiger partial charge in [-0.2, -0.15) is 0 Å². The number of rotatable bonds is 4. The Morgan fingerprint density at radius 1 is 1.17 bits per heavy atom. The second-order valence-corrected chi connectivity index (χ2v) is 3.99. The zero-order valence-electron chi connectivity index (χ0n) is 8.56. The summed E-state index contributed by atoms with van der Waals surface area (Å²) in [7, 11) is 3.62. The summed E-state index contributed by atoms with van der Waals surface area (Å²) in [5.74, 6) is -3.70.